The lowest BCUT2D eigenvalue weighted by molar-refractivity contribution is 0.0623. The number of hydrogen-bond acceptors (Lipinski definition) is 4. The first-order chi connectivity index (χ1) is 10.6. The van der Waals surface area contributed by atoms with Crippen molar-refractivity contribution in [1.82, 2.24) is 14.8 Å². The number of nitrogens with zero attached hydrogens (tertiary/aromatic N) is 2. The normalized spacial score (nSPS) is 16.0. The largest absolute Gasteiger partial charge is 0.356 e. The molecule has 5 nitrogen and oxygen atoms in total. The summed E-state index contributed by atoms with van der Waals surface area (Å²) in [5, 5.41) is 4.26. The molecule has 0 saturated carbocycles. The molecule has 3 heterocycles. The van der Waals surface area contributed by atoms with Crippen molar-refractivity contribution in [2.75, 3.05) is 26.2 Å². The van der Waals surface area contributed by atoms with Crippen LogP contribution < -0.4 is 0 Å². The van der Waals surface area contributed by atoms with E-state index in [0.717, 1.165) is 32.7 Å². The highest BCUT2D eigenvalue weighted by Gasteiger charge is 2.23. The number of aromatic amines is 1. The second kappa shape index (κ2) is 6.46. The van der Waals surface area contributed by atoms with Crippen molar-refractivity contribution in [3.05, 3.63) is 45.9 Å². The van der Waals surface area contributed by atoms with E-state index in [0.29, 0.717) is 11.3 Å². The number of piperazine rings is 1. The van der Waals surface area contributed by atoms with Crippen LogP contribution in [-0.2, 0) is 6.54 Å². The fourth-order valence-electron chi connectivity index (χ4n) is 2.64. The standard InChI is InChI=1S/C16H19N3O2S/c1-12(20)14-8-15(17-9-14)16(21)19-5-3-18(4-6-19)10-13-2-7-22-11-13/h2,7-9,11,17H,3-6,10H2,1H3. The van der Waals surface area contributed by atoms with Gasteiger partial charge in [0.05, 0.1) is 0 Å². The summed E-state index contributed by atoms with van der Waals surface area (Å²) in [6, 6.07) is 3.78. The van der Waals surface area contributed by atoms with Crippen LogP contribution >= 0.6 is 11.3 Å². The zero-order chi connectivity index (χ0) is 15.5. The Morgan fingerprint density at radius 2 is 2.05 bits per heavy atom. The maximum absolute atomic E-state index is 12.4. The third-order valence-corrected chi connectivity index (χ3v) is 4.70. The molecule has 0 aromatic carbocycles. The third kappa shape index (κ3) is 3.28. The fraction of sp³-hybridized carbons (Fsp3) is 0.375. The Labute approximate surface area is 133 Å². The minimum absolute atomic E-state index is 0.0253. The van der Waals surface area contributed by atoms with E-state index in [1.807, 2.05) is 4.90 Å². The van der Waals surface area contributed by atoms with Crippen LogP contribution in [0.1, 0.15) is 33.3 Å². The van der Waals surface area contributed by atoms with Gasteiger partial charge in [-0.3, -0.25) is 14.5 Å². The minimum atomic E-state index is -0.0316. The average molecular weight is 317 g/mol. The maximum atomic E-state index is 12.4. The number of carbonyl (C=O) groups is 2. The van der Waals surface area contributed by atoms with Gasteiger partial charge in [-0.1, -0.05) is 0 Å². The molecule has 2 aromatic heterocycles. The number of aromatic nitrogens is 1. The molecule has 0 unspecified atom stereocenters. The molecule has 1 aliphatic heterocycles. The lowest BCUT2D eigenvalue weighted by Crippen LogP contribution is -2.48. The van der Waals surface area contributed by atoms with E-state index >= 15 is 0 Å². The van der Waals surface area contributed by atoms with E-state index in [1.165, 1.54) is 12.5 Å². The molecule has 2 aromatic rings. The quantitative estimate of drug-likeness (QED) is 0.880. The van der Waals surface area contributed by atoms with Gasteiger partial charge in [0.15, 0.2) is 5.78 Å². The van der Waals surface area contributed by atoms with Crippen LogP contribution in [0.3, 0.4) is 0 Å². The van der Waals surface area contributed by atoms with Crippen molar-refractivity contribution in [3.8, 4) is 0 Å². The van der Waals surface area contributed by atoms with Crippen molar-refractivity contribution in [3.63, 3.8) is 0 Å². The molecular formula is C16H19N3O2S. The molecular weight excluding hydrogens is 298 g/mol. The van der Waals surface area contributed by atoms with Gasteiger partial charge in [-0.15, -0.1) is 0 Å². The highest BCUT2D eigenvalue weighted by molar-refractivity contribution is 7.07. The summed E-state index contributed by atoms with van der Waals surface area (Å²) < 4.78 is 0. The molecule has 0 atom stereocenters. The Balaban J connectivity index is 1.56. The van der Waals surface area contributed by atoms with E-state index in [1.54, 1.807) is 23.6 Å². The molecule has 116 valence electrons. The lowest BCUT2D eigenvalue weighted by atomic mass is 10.2. The zero-order valence-corrected chi connectivity index (χ0v) is 13.4. The van der Waals surface area contributed by atoms with Crippen molar-refractivity contribution >= 4 is 23.0 Å². The summed E-state index contributed by atoms with van der Waals surface area (Å²) in [4.78, 5) is 30.8. The number of Topliss-reactive ketones (excluding diaryl/α,β-unsaturated/α-hetero) is 1. The van der Waals surface area contributed by atoms with Crippen LogP contribution in [0, 0.1) is 0 Å². The van der Waals surface area contributed by atoms with Crippen molar-refractivity contribution in [2.45, 2.75) is 13.5 Å². The highest BCUT2D eigenvalue weighted by atomic mass is 32.1. The first kappa shape index (κ1) is 15.0. The lowest BCUT2D eigenvalue weighted by Gasteiger charge is -2.34. The summed E-state index contributed by atoms with van der Waals surface area (Å²) in [5.41, 5.74) is 2.39. The van der Waals surface area contributed by atoms with Crippen molar-refractivity contribution in [2.24, 2.45) is 0 Å². The summed E-state index contributed by atoms with van der Waals surface area (Å²) >= 11 is 1.71. The molecule has 0 spiro atoms. The molecule has 1 N–H and O–H groups in total. The molecule has 0 radical (unpaired) electrons. The molecule has 22 heavy (non-hydrogen) atoms. The molecule has 6 heteroatoms. The zero-order valence-electron chi connectivity index (χ0n) is 12.5. The molecule has 3 rings (SSSR count). The Morgan fingerprint density at radius 3 is 2.64 bits per heavy atom. The summed E-state index contributed by atoms with van der Waals surface area (Å²) in [5.74, 6) is -0.0569. The van der Waals surface area contributed by atoms with Gasteiger partial charge >= 0.3 is 0 Å². The molecule has 1 aliphatic rings. The summed E-state index contributed by atoms with van der Waals surface area (Å²) in [6.07, 6.45) is 1.60. The number of amides is 1. The van der Waals surface area contributed by atoms with Crippen molar-refractivity contribution in [1.29, 1.82) is 0 Å². The van der Waals surface area contributed by atoms with Crippen LogP contribution in [0.4, 0.5) is 0 Å². The van der Waals surface area contributed by atoms with Gasteiger partial charge in [-0.05, 0) is 35.4 Å². The maximum Gasteiger partial charge on any atom is 0.270 e. The predicted molar refractivity (Wildman–Crippen MR) is 86.3 cm³/mol. The molecule has 0 bridgehead atoms. The number of nitrogens with one attached hydrogen (secondary N) is 1. The Bertz CT molecular complexity index is 655. The Hall–Kier alpha value is -1.92. The molecule has 1 amide bonds. The van der Waals surface area contributed by atoms with Crippen LogP contribution in [0.25, 0.3) is 0 Å². The number of hydrogen-bond donors (Lipinski definition) is 1. The SMILES string of the molecule is CC(=O)c1c[nH]c(C(=O)N2CCN(Cc3ccsc3)CC2)c1. The van der Waals surface area contributed by atoms with Gasteiger partial charge in [0, 0.05) is 44.5 Å². The second-order valence-corrected chi connectivity index (χ2v) is 6.34. The van der Waals surface area contributed by atoms with E-state index in [2.05, 4.69) is 26.7 Å². The van der Waals surface area contributed by atoms with Crippen LogP contribution in [-0.4, -0.2) is 52.7 Å². The number of carbonyl (C=O) groups excluding carboxylic acids is 2. The summed E-state index contributed by atoms with van der Waals surface area (Å²) in [6.45, 7) is 5.64. The minimum Gasteiger partial charge on any atom is -0.356 e. The number of rotatable bonds is 4. The van der Waals surface area contributed by atoms with Crippen molar-refractivity contribution < 1.29 is 9.59 Å². The van der Waals surface area contributed by atoms with E-state index in [-0.39, 0.29) is 11.7 Å². The van der Waals surface area contributed by atoms with Gasteiger partial charge in [0.2, 0.25) is 0 Å². The molecule has 0 aliphatic carbocycles. The van der Waals surface area contributed by atoms with E-state index in [9.17, 15) is 9.59 Å². The summed E-state index contributed by atoms with van der Waals surface area (Å²) in [7, 11) is 0. The number of ketones is 1. The Kier molecular flexibility index (Phi) is 4.40. The second-order valence-electron chi connectivity index (χ2n) is 5.56. The van der Waals surface area contributed by atoms with Crippen LogP contribution in [0.2, 0.25) is 0 Å². The van der Waals surface area contributed by atoms with Gasteiger partial charge in [-0.2, -0.15) is 11.3 Å². The predicted octanol–water partition coefficient (Wildman–Crippen LogP) is 2.24. The van der Waals surface area contributed by atoms with Crippen LogP contribution in [0.5, 0.6) is 0 Å². The van der Waals surface area contributed by atoms with Gasteiger partial charge in [0.1, 0.15) is 5.69 Å². The molecule has 1 fully saturated rings. The molecule has 1 saturated heterocycles. The fourth-order valence-corrected chi connectivity index (χ4v) is 3.30. The van der Waals surface area contributed by atoms with Gasteiger partial charge in [0.25, 0.3) is 5.91 Å². The van der Waals surface area contributed by atoms with Gasteiger partial charge in [-0.25, -0.2) is 0 Å². The first-order valence-electron chi connectivity index (χ1n) is 7.35. The first-order valence-corrected chi connectivity index (χ1v) is 8.30. The average Bonchev–Trinajstić information content (AvgIpc) is 3.18. The monoisotopic (exact) mass is 317 g/mol. The third-order valence-electron chi connectivity index (χ3n) is 3.97. The number of thiophene rings is 1. The van der Waals surface area contributed by atoms with E-state index < -0.39 is 0 Å². The van der Waals surface area contributed by atoms with Crippen LogP contribution in [0.15, 0.2) is 29.1 Å². The van der Waals surface area contributed by atoms with Gasteiger partial charge < -0.3 is 9.88 Å². The number of H-pyrrole nitrogens is 1. The topological polar surface area (TPSA) is 56.4 Å². The highest BCUT2D eigenvalue weighted by Crippen LogP contribution is 2.14. The Morgan fingerprint density at radius 1 is 1.27 bits per heavy atom. The smallest absolute Gasteiger partial charge is 0.270 e. The van der Waals surface area contributed by atoms with E-state index in [4.69, 9.17) is 0 Å².